The van der Waals surface area contributed by atoms with Crippen LogP contribution < -0.4 is 0 Å². The zero-order valence-electron chi connectivity index (χ0n) is 13.8. The van der Waals surface area contributed by atoms with E-state index in [0.717, 1.165) is 17.7 Å². The fourth-order valence-corrected chi connectivity index (χ4v) is 3.12. The Bertz CT molecular complexity index is 560. The van der Waals surface area contributed by atoms with Gasteiger partial charge in [-0.3, -0.25) is 9.69 Å². The Labute approximate surface area is 131 Å². The van der Waals surface area contributed by atoms with Gasteiger partial charge in [0.25, 0.3) is 0 Å². The molecule has 2 rings (SSSR count). The van der Waals surface area contributed by atoms with Crippen LogP contribution in [0.1, 0.15) is 38.0 Å². The van der Waals surface area contributed by atoms with Crippen molar-refractivity contribution < 1.29 is 14.3 Å². The number of carbonyl (C=O) groups excluding carboxylic acids is 1. The summed E-state index contributed by atoms with van der Waals surface area (Å²) in [6.07, 6.45) is -0.663. The molecule has 1 unspecified atom stereocenters. The summed E-state index contributed by atoms with van der Waals surface area (Å²) < 4.78 is 13.2. The molecule has 22 heavy (non-hydrogen) atoms. The summed E-state index contributed by atoms with van der Waals surface area (Å²) in [5, 5.41) is 10.5. The third kappa shape index (κ3) is 3.65. The first-order valence-electron chi connectivity index (χ1n) is 7.65. The molecule has 0 spiro atoms. The average molecular weight is 308 g/mol. The first kappa shape index (κ1) is 16.9. The molecule has 122 valence electrons. The predicted octanol–water partition coefficient (Wildman–Crippen LogP) is 2.11. The van der Waals surface area contributed by atoms with E-state index in [0.29, 0.717) is 19.6 Å². The van der Waals surface area contributed by atoms with Crippen molar-refractivity contribution in [2.45, 2.75) is 39.3 Å². The number of β-amino-alcohol motifs (C(OH)–C–C–N with tert-alkyl or cyclic N) is 1. The van der Waals surface area contributed by atoms with Gasteiger partial charge in [-0.2, -0.15) is 0 Å². The highest BCUT2D eigenvalue weighted by atomic mass is 19.1. The molecule has 0 radical (unpaired) electrons. The highest BCUT2D eigenvalue weighted by Gasteiger charge is 2.35. The number of amides is 1. The van der Waals surface area contributed by atoms with Gasteiger partial charge in [-0.25, -0.2) is 4.39 Å². The number of hydrogen-bond acceptors (Lipinski definition) is 3. The number of aryl methyl sites for hydroxylation is 1. The third-order valence-electron chi connectivity index (χ3n) is 4.50. The topological polar surface area (TPSA) is 43.8 Å². The number of benzene rings is 1. The molecule has 1 aliphatic rings. The lowest BCUT2D eigenvalue weighted by atomic mass is 9.96. The SMILES string of the molecule is CC(=O)N1CCN(CC(O)c2ccc(F)cc2C)C(C)(C)C1. The maximum absolute atomic E-state index is 13.2. The Morgan fingerprint density at radius 2 is 2.09 bits per heavy atom. The summed E-state index contributed by atoms with van der Waals surface area (Å²) in [5.41, 5.74) is 1.32. The lowest BCUT2D eigenvalue weighted by Crippen LogP contribution is -2.60. The van der Waals surface area contributed by atoms with Crippen LogP contribution in [0.3, 0.4) is 0 Å². The lowest BCUT2D eigenvalue weighted by molar-refractivity contribution is -0.134. The number of piperazine rings is 1. The molecule has 1 aromatic carbocycles. The van der Waals surface area contributed by atoms with Gasteiger partial charge in [0.05, 0.1) is 6.10 Å². The van der Waals surface area contributed by atoms with Gasteiger partial charge < -0.3 is 10.0 Å². The van der Waals surface area contributed by atoms with E-state index in [4.69, 9.17) is 0 Å². The second-order valence-corrected chi connectivity index (χ2v) is 6.72. The summed E-state index contributed by atoms with van der Waals surface area (Å²) in [7, 11) is 0. The molecule has 1 fully saturated rings. The number of aliphatic hydroxyl groups is 1. The predicted molar refractivity (Wildman–Crippen MR) is 84.0 cm³/mol. The van der Waals surface area contributed by atoms with Crippen LogP contribution in [-0.2, 0) is 4.79 Å². The fraction of sp³-hybridized carbons (Fsp3) is 0.588. The minimum Gasteiger partial charge on any atom is -0.387 e. The molecule has 1 saturated heterocycles. The Kier molecular flexibility index (Phi) is 4.87. The van der Waals surface area contributed by atoms with E-state index in [2.05, 4.69) is 18.7 Å². The van der Waals surface area contributed by atoms with E-state index in [1.807, 2.05) is 4.90 Å². The van der Waals surface area contributed by atoms with Crippen LogP contribution in [0.4, 0.5) is 4.39 Å². The van der Waals surface area contributed by atoms with Gasteiger partial charge in [0.1, 0.15) is 5.82 Å². The minimum absolute atomic E-state index is 0.0858. The average Bonchev–Trinajstić information content (AvgIpc) is 2.40. The normalized spacial score (nSPS) is 20.0. The van der Waals surface area contributed by atoms with Crippen LogP contribution in [0.2, 0.25) is 0 Å². The maximum atomic E-state index is 13.2. The van der Waals surface area contributed by atoms with Crippen molar-refractivity contribution in [2.24, 2.45) is 0 Å². The van der Waals surface area contributed by atoms with Gasteiger partial charge in [0.15, 0.2) is 0 Å². The van der Waals surface area contributed by atoms with E-state index >= 15 is 0 Å². The third-order valence-corrected chi connectivity index (χ3v) is 4.50. The van der Waals surface area contributed by atoms with Crippen molar-refractivity contribution in [3.8, 4) is 0 Å². The van der Waals surface area contributed by atoms with E-state index in [1.54, 1.807) is 19.9 Å². The number of rotatable bonds is 3. The van der Waals surface area contributed by atoms with Crippen molar-refractivity contribution in [3.05, 3.63) is 35.1 Å². The molecule has 0 saturated carbocycles. The van der Waals surface area contributed by atoms with Crippen LogP contribution in [0.25, 0.3) is 0 Å². The van der Waals surface area contributed by atoms with Gasteiger partial charge in [0, 0.05) is 38.6 Å². The first-order chi connectivity index (χ1) is 10.2. The van der Waals surface area contributed by atoms with E-state index in [-0.39, 0.29) is 17.3 Å². The van der Waals surface area contributed by atoms with Gasteiger partial charge in [-0.05, 0) is 44.0 Å². The van der Waals surface area contributed by atoms with Crippen LogP contribution in [0.15, 0.2) is 18.2 Å². The Balaban J connectivity index is 2.08. The standard InChI is InChI=1S/C17H25FN2O2/c1-12-9-14(18)5-6-15(12)16(22)10-20-8-7-19(13(2)21)11-17(20,3)4/h5-6,9,16,22H,7-8,10-11H2,1-4H3. The minimum atomic E-state index is -0.663. The highest BCUT2D eigenvalue weighted by molar-refractivity contribution is 5.73. The molecular weight excluding hydrogens is 283 g/mol. The van der Waals surface area contributed by atoms with E-state index in [1.165, 1.54) is 12.1 Å². The molecule has 1 aliphatic heterocycles. The monoisotopic (exact) mass is 308 g/mol. The van der Waals surface area contributed by atoms with E-state index in [9.17, 15) is 14.3 Å². The molecule has 1 heterocycles. The first-order valence-corrected chi connectivity index (χ1v) is 7.65. The molecule has 1 atom stereocenters. The zero-order valence-corrected chi connectivity index (χ0v) is 13.8. The largest absolute Gasteiger partial charge is 0.387 e. The Hall–Kier alpha value is -1.46. The second kappa shape index (κ2) is 6.34. The molecule has 1 amide bonds. The van der Waals surface area contributed by atoms with E-state index < -0.39 is 6.10 Å². The van der Waals surface area contributed by atoms with Gasteiger partial charge >= 0.3 is 0 Å². The summed E-state index contributed by atoms with van der Waals surface area (Å²) in [6, 6.07) is 4.47. The molecule has 5 heteroatoms. The fourth-order valence-electron chi connectivity index (χ4n) is 3.12. The maximum Gasteiger partial charge on any atom is 0.219 e. The molecule has 1 N–H and O–H groups in total. The number of halogens is 1. The van der Waals surface area contributed by atoms with Crippen LogP contribution in [0.5, 0.6) is 0 Å². The second-order valence-electron chi connectivity index (χ2n) is 6.72. The molecule has 0 bridgehead atoms. The summed E-state index contributed by atoms with van der Waals surface area (Å²) in [4.78, 5) is 15.6. The van der Waals surface area contributed by atoms with Gasteiger partial charge in [0.2, 0.25) is 5.91 Å². The smallest absolute Gasteiger partial charge is 0.219 e. The van der Waals surface area contributed by atoms with Crippen LogP contribution in [0, 0.1) is 12.7 Å². The van der Waals surface area contributed by atoms with Crippen LogP contribution in [-0.4, -0.2) is 52.5 Å². The summed E-state index contributed by atoms with van der Waals surface area (Å²) >= 11 is 0. The number of nitrogens with zero attached hydrogens (tertiary/aromatic N) is 2. The molecule has 4 nitrogen and oxygen atoms in total. The zero-order chi connectivity index (χ0) is 16.5. The summed E-state index contributed by atoms with van der Waals surface area (Å²) in [5.74, 6) is -0.202. The molecule has 1 aromatic rings. The Morgan fingerprint density at radius 1 is 1.41 bits per heavy atom. The van der Waals surface area contributed by atoms with Crippen molar-refractivity contribution in [3.63, 3.8) is 0 Å². The van der Waals surface area contributed by atoms with Crippen LogP contribution >= 0.6 is 0 Å². The van der Waals surface area contributed by atoms with Crippen molar-refractivity contribution >= 4 is 5.91 Å². The Morgan fingerprint density at radius 3 is 2.64 bits per heavy atom. The number of aliphatic hydroxyl groups excluding tert-OH is 1. The number of carbonyl (C=O) groups is 1. The van der Waals surface area contributed by atoms with Gasteiger partial charge in [-0.1, -0.05) is 6.07 Å². The molecular formula is C17H25FN2O2. The number of hydrogen-bond donors (Lipinski definition) is 1. The quantitative estimate of drug-likeness (QED) is 0.930. The highest BCUT2D eigenvalue weighted by Crippen LogP contribution is 2.26. The van der Waals surface area contributed by atoms with Gasteiger partial charge in [-0.15, -0.1) is 0 Å². The summed E-state index contributed by atoms with van der Waals surface area (Å²) in [6.45, 7) is 10.1. The lowest BCUT2D eigenvalue weighted by Gasteiger charge is -2.47. The van der Waals surface area contributed by atoms with Crippen molar-refractivity contribution in [1.29, 1.82) is 0 Å². The molecule has 0 aliphatic carbocycles. The van der Waals surface area contributed by atoms with Crippen molar-refractivity contribution in [2.75, 3.05) is 26.2 Å². The molecule has 0 aromatic heterocycles. The van der Waals surface area contributed by atoms with Crippen molar-refractivity contribution in [1.82, 2.24) is 9.80 Å².